The third kappa shape index (κ3) is 1.57. The van der Waals surface area contributed by atoms with Gasteiger partial charge in [-0.25, -0.2) is 0 Å². The van der Waals surface area contributed by atoms with Crippen LogP contribution >= 0.6 is 0 Å². The maximum Gasteiger partial charge on any atom is 0.255 e. The largest absolute Gasteiger partial charge is 0.329 e. The van der Waals surface area contributed by atoms with Crippen LogP contribution < -0.4 is 5.32 Å². The van der Waals surface area contributed by atoms with Gasteiger partial charge in [0.15, 0.2) is 0 Å². The van der Waals surface area contributed by atoms with Gasteiger partial charge in [0.25, 0.3) is 5.91 Å². The highest BCUT2D eigenvalue weighted by Crippen LogP contribution is 2.37. The Kier molecular flexibility index (Phi) is 2.86. The van der Waals surface area contributed by atoms with Crippen molar-refractivity contribution >= 4 is 5.91 Å². The molecule has 18 heavy (non-hydrogen) atoms. The molecule has 96 valence electrons. The van der Waals surface area contributed by atoms with Crippen LogP contribution in [-0.4, -0.2) is 30.4 Å². The zero-order valence-corrected chi connectivity index (χ0v) is 11.1. The molecule has 2 aliphatic rings. The van der Waals surface area contributed by atoms with Crippen molar-refractivity contribution in [2.24, 2.45) is 0 Å². The second-order valence-corrected chi connectivity index (χ2v) is 5.14. The summed E-state index contributed by atoms with van der Waals surface area (Å²) in [5, 5.41) is 3.40. The average Bonchev–Trinajstić information content (AvgIpc) is 2.72. The normalized spacial score (nSPS) is 22.0. The van der Waals surface area contributed by atoms with Crippen LogP contribution in [0.4, 0.5) is 0 Å². The van der Waals surface area contributed by atoms with Gasteiger partial charge in [0.1, 0.15) is 0 Å². The summed E-state index contributed by atoms with van der Waals surface area (Å²) in [6, 6.07) is 4.71. The van der Waals surface area contributed by atoms with Crippen molar-refractivity contribution in [1.82, 2.24) is 10.2 Å². The molecule has 3 heteroatoms. The molecule has 0 aliphatic carbocycles. The van der Waals surface area contributed by atoms with Gasteiger partial charge in [-0.2, -0.15) is 0 Å². The smallest absolute Gasteiger partial charge is 0.255 e. The maximum atomic E-state index is 12.5. The van der Waals surface area contributed by atoms with E-state index in [1.54, 1.807) is 0 Å². The topological polar surface area (TPSA) is 32.3 Å². The number of piperazine rings is 1. The SMILES string of the molecule is CCc1cc(CC)c2c(c1)C1CNCCN1C2=O. The summed E-state index contributed by atoms with van der Waals surface area (Å²) in [5.41, 5.74) is 4.82. The first-order valence-electron chi connectivity index (χ1n) is 6.93. The van der Waals surface area contributed by atoms with Crippen LogP contribution in [0.25, 0.3) is 0 Å². The lowest BCUT2D eigenvalue weighted by molar-refractivity contribution is 0.0690. The molecule has 1 unspecified atom stereocenters. The molecule has 1 fully saturated rings. The van der Waals surface area contributed by atoms with Crippen LogP contribution in [0.1, 0.15) is 46.9 Å². The molecular formula is C15H20N2O. The van der Waals surface area contributed by atoms with Gasteiger partial charge in [0, 0.05) is 25.2 Å². The number of hydrogen-bond donors (Lipinski definition) is 1. The molecule has 0 radical (unpaired) electrons. The molecule has 1 aromatic carbocycles. The first-order valence-corrected chi connectivity index (χ1v) is 6.93. The second kappa shape index (κ2) is 4.39. The van der Waals surface area contributed by atoms with Gasteiger partial charge < -0.3 is 10.2 Å². The number of amides is 1. The summed E-state index contributed by atoms with van der Waals surface area (Å²) < 4.78 is 0. The highest BCUT2D eigenvalue weighted by Gasteiger charge is 2.39. The van der Waals surface area contributed by atoms with Crippen LogP contribution in [-0.2, 0) is 12.8 Å². The lowest BCUT2D eigenvalue weighted by Crippen LogP contribution is -2.44. The number of rotatable bonds is 2. The van der Waals surface area contributed by atoms with Crippen molar-refractivity contribution < 1.29 is 4.79 Å². The Morgan fingerprint density at radius 1 is 1.33 bits per heavy atom. The predicted octanol–water partition coefficient (Wildman–Crippen LogP) is 1.91. The minimum absolute atomic E-state index is 0.246. The fraction of sp³-hybridized carbons (Fsp3) is 0.533. The van der Waals surface area contributed by atoms with Gasteiger partial charge in [0.2, 0.25) is 0 Å². The van der Waals surface area contributed by atoms with Gasteiger partial charge >= 0.3 is 0 Å². The number of nitrogens with one attached hydrogen (secondary N) is 1. The number of benzene rings is 1. The number of aryl methyl sites for hydroxylation is 2. The Hall–Kier alpha value is -1.35. The minimum atomic E-state index is 0.246. The summed E-state index contributed by atoms with van der Waals surface area (Å²) >= 11 is 0. The Morgan fingerprint density at radius 3 is 2.89 bits per heavy atom. The zero-order chi connectivity index (χ0) is 12.7. The van der Waals surface area contributed by atoms with Crippen molar-refractivity contribution in [3.63, 3.8) is 0 Å². The zero-order valence-electron chi connectivity index (χ0n) is 11.1. The average molecular weight is 244 g/mol. The van der Waals surface area contributed by atoms with Crippen molar-refractivity contribution in [3.8, 4) is 0 Å². The first kappa shape index (κ1) is 11.7. The molecule has 2 heterocycles. The molecule has 1 atom stereocenters. The Labute approximate surface area is 108 Å². The molecule has 1 saturated heterocycles. The van der Waals surface area contributed by atoms with Crippen molar-refractivity contribution in [2.45, 2.75) is 32.7 Å². The quantitative estimate of drug-likeness (QED) is 0.862. The summed E-state index contributed by atoms with van der Waals surface area (Å²) in [7, 11) is 0. The van der Waals surface area contributed by atoms with Gasteiger partial charge in [0.05, 0.1) is 6.04 Å². The van der Waals surface area contributed by atoms with E-state index in [1.165, 1.54) is 16.7 Å². The van der Waals surface area contributed by atoms with Crippen molar-refractivity contribution in [1.29, 1.82) is 0 Å². The van der Waals surface area contributed by atoms with E-state index in [-0.39, 0.29) is 11.9 Å². The highest BCUT2D eigenvalue weighted by atomic mass is 16.2. The number of hydrogen-bond acceptors (Lipinski definition) is 2. The van der Waals surface area contributed by atoms with Gasteiger partial charge in [-0.1, -0.05) is 26.0 Å². The van der Waals surface area contributed by atoms with E-state index >= 15 is 0 Å². The van der Waals surface area contributed by atoms with Gasteiger partial charge in [-0.05, 0) is 29.5 Å². The van der Waals surface area contributed by atoms with E-state index in [0.717, 1.165) is 38.0 Å². The molecule has 2 aliphatic heterocycles. The van der Waals surface area contributed by atoms with E-state index in [9.17, 15) is 4.79 Å². The Bertz CT molecular complexity index is 496. The van der Waals surface area contributed by atoms with Crippen LogP contribution in [0.3, 0.4) is 0 Å². The standard InChI is InChI=1S/C15H20N2O/c1-3-10-7-11(4-2)14-12(8-10)13-9-16-5-6-17(13)15(14)18/h7-8,13,16H,3-6,9H2,1-2H3. The van der Waals surface area contributed by atoms with Crippen LogP contribution in [0.2, 0.25) is 0 Å². The predicted molar refractivity (Wildman–Crippen MR) is 71.8 cm³/mol. The van der Waals surface area contributed by atoms with Crippen molar-refractivity contribution in [2.75, 3.05) is 19.6 Å². The number of carbonyl (C=O) groups excluding carboxylic acids is 1. The molecule has 1 aromatic rings. The van der Waals surface area contributed by atoms with Crippen LogP contribution in [0.5, 0.6) is 0 Å². The number of carbonyl (C=O) groups is 1. The minimum Gasteiger partial charge on any atom is -0.329 e. The van der Waals surface area contributed by atoms with Crippen LogP contribution in [0, 0.1) is 0 Å². The monoisotopic (exact) mass is 244 g/mol. The lowest BCUT2D eigenvalue weighted by Gasteiger charge is -2.30. The summed E-state index contributed by atoms with van der Waals surface area (Å²) in [5.74, 6) is 0.246. The second-order valence-electron chi connectivity index (χ2n) is 5.14. The van der Waals surface area contributed by atoms with Gasteiger partial charge in [-0.3, -0.25) is 4.79 Å². The molecule has 0 saturated carbocycles. The van der Waals surface area contributed by atoms with E-state index in [0.29, 0.717) is 0 Å². The Morgan fingerprint density at radius 2 is 2.17 bits per heavy atom. The molecular weight excluding hydrogens is 224 g/mol. The Balaban J connectivity index is 2.15. The fourth-order valence-corrected chi connectivity index (χ4v) is 3.17. The first-order chi connectivity index (χ1) is 8.76. The number of nitrogens with zero attached hydrogens (tertiary/aromatic N) is 1. The molecule has 0 spiro atoms. The van der Waals surface area contributed by atoms with E-state index < -0.39 is 0 Å². The van der Waals surface area contributed by atoms with Crippen molar-refractivity contribution in [3.05, 3.63) is 34.4 Å². The lowest BCUT2D eigenvalue weighted by atomic mass is 9.94. The molecule has 1 amide bonds. The molecule has 0 bridgehead atoms. The maximum absolute atomic E-state index is 12.5. The molecule has 3 rings (SSSR count). The molecule has 1 N–H and O–H groups in total. The van der Waals surface area contributed by atoms with Crippen LogP contribution in [0.15, 0.2) is 12.1 Å². The number of fused-ring (bicyclic) bond motifs is 3. The highest BCUT2D eigenvalue weighted by molar-refractivity contribution is 6.01. The summed E-state index contributed by atoms with van der Waals surface area (Å²) in [4.78, 5) is 14.5. The third-order valence-electron chi connectivity index (χ3n) is 4.18. The van der Waals surface area contributed by atoms with E-state index in [2.05, 4.69) is 31.3 Å². The van der Waals surface area contributed by atoms with Gasteiger partial charge in [-0.15, -0.1) is 0 Å². The third-order valence-corrected chi connectivity index (χ3v) is 4.18. The molecule has 0 aromatic heterocycles. The fourth-order valence-electron chi connectivity index (χ4n) is 3.17. The van der Waals surface area contributed by atoms with E-state index in [4.69, 9.17) is 0 Å². The van der Waals surface area contributed by atoms with E-state index in [1.807, 2.05) is 4.90 Å². The summed E-state index contributed by atoms with van der Waals surface area (Å²) in [6.07, 6.45) is 1.98. The summed E-state index contributed by atoms with van der Waals surface area (Å²) in [6.45, 7) is 6.96. The molecule has 3 nitrogen and oxygen atoms in total.